The molecule has 0 radical (unpaired) electrons. The summed E-state index contributed by atoms with van der Waals surface area (Å²) in [6.45, 7) is 3.96. The van der Waals surface area contributed by atoms with Crippen LogP contribution in [0.4, 0.5) is 0 Å². The maximum Gasteiger partial charge on any atom is 0.230 e. The van der Waals surface area contributed by atoms with Gasteiger partial charge in [-0.1, -0.05) is 11.2 Å². The fourth-order valence-corrected chi connectivity index (χ4v) is 2.19. The molecule has 0 N–H and O–H groups in total. The summed E-state index contributed by atoms with van der Waals surface area (Å²) in [7, 11) is 0. The Kier molecular flexibility index (Phi) is 2.74. The summed E-state index contributed by atoms with van der Waals surface area (Å²) in [4.78, 5) is 4.44. The Bertz CT molecular complexity index is 549. The standard InChI is InChI=1S/C13H16N4O/c1-3-9(2)12-15-13(18-16-12)10-7-11(8-10)17-6-4-5-14-17/h3-6,10-11H,7-8H2,1-2H3. The predicted molar refractivity (Wildman–Crippen MR) is 66.9 cm³/mol. The van der Waals surface area contributed by atoms with Gasteiger partial charge in [-0.3, -0.25) is 4.68 Å². The topological polar surface area (TPSA) is 56.7 Å². The van der Waals surface area contributed by atoms with Crippen molar-refractivity contribution in [3.8, 4) is 0 Å². The number of aromatic nitrogens is 4. The van der Waals surface area contributed by atoms with Crippen LogP contribution in [0.15, 0.2) is 29.1 Å². The lowest BCUT2D eigenvalue weighted by Crippen LogP contribution is -2.25. The molecule has 94 valence electrons. The van der Waals surface area contributed by atoms with Crippen molar-refractivity contribution in [3.63, 3.8) is 0 Å². The SMILES string of the molecule is CC=C(C)c1noc(C2CC(n3cccn3)C2)n1. The summed E-state index contributed by atoms with van der Waals surface area (Å²) in [6, 6.07) is 2.43. The molecule has 0 atom stereocenters. The van der Waals surface area contributed by atoms with E-state index >= 15 is 0 Å². The summed E-state index contributed by atoms with van der Waals surface area (Å²) in [5.41, 5.74) is 1.05. The van der Waals surface area contributed by atoms with E-state index in [2.05, 4.69) is 15.2 Å². The Hall–Kier alpha value is -1.91. The van der Waals surface area contributed by atoms with Crippen LogP contribution in [0, 0.1) is 0 Å². The Morgan fingerprint density at radius 3 is 3.00 bits per heavy atom. The molecule has 2 heterocycles. The second kappa shape index (κ2) is 4.40. The molecule has 0 unspecified atom stereocenters. The largest absolute Gasteiger partial charge is 0.339 e. The molecule has 0 aliphatic heterocycles. The van der Waals surface area contributed by atoms with E-state index in [1.54, 1.807) is 0 Å². The molecule has 2 aromatic rings. The third-order valence-corrected chi connectivity index (χ3v) is 3.59. The van der Waals surface area contributed by atoms with Crippen molar-refractivity contribution in [3.05, 3.63) is 36.3 Å². The van der Waals surface area contributed by atoms with Crippen LogP contribution < -0.4 is 0 Å². The van der Waals surface area contributed by atoms with Gasteiger partial charge in [-0.05, 0) is 38.3 Å². The Labute approximate surface area is 106 Å². The van der Waals surface area contributed by atoms with Gasteiger partial charge in [0, 0.05) is 18.3 Å². The zero-order valence-electron chi connectivity index (χ0n) is 10.6. The number of hydrogen-bond acceptors (Lipinski definition) is 4. The summed E-state index contributed by atoms with van der Waals surface area (Å²) in [5, 5.41) is 8.25. The minimum atomic E-state index is 0.380. The summed E-state index contributed by atoms with van der Waals surface area (Å²) < 4.78 is 7.33. The smallest absolute Gasteiger partial charge is 0.230 e. The van der Waals surface area contributed by atoms with E-state index in [1.165, 1.54) is 0 Å². The van der Waals surface area contributed by atoms with E-state index < -0.39 is 0 Å². The molecule has 2 aromatic heterocycles. The highest BCUT2D eigenvalue weighted by atomic mass is 16.5. The van der Waals surface area contributed by atoms with Crippen LogP contribution in [0.5, 0.6) is 0 Å². The highest BCUT2D eigenvalue weighted by Gasteiger charge is 2.35. The first-order chi connectivity index (χ1) is 8.78. The van der Waals surface area contributed by atoms with E-state index in [4.69, 9.17) is 4.52 Å². The molecule has 3 rings (SSSR count). The van der Waals surface area contributed by atoms with Crippen molar-refractivity contribution in [1.82, 2.24) is 19.9 Å². The lowest BCUT2D eigenvalue weighted by molar-refractivity contribution is 0.202. The van der Waals surface area contributed by atoms with Crippen LogP contribution in [0.3, 0.4) is 0 Å². The second-order valence-corrected chi connectivity index (χ2v) is 4.74. The average Bonchev–Trinajstić information content (AvgIpc) is 2.97. The Morgan fingerprint density at radius 2 is 2.33 bits per heavy atom. The molecule has 18 heavy (non-hydrogen) atoms. The van der Waals surface area contributed by atoms with E-state index in [0.717, 1.165) is 24.3 Å². The van der Waals surface area contributed by atoms with Gasteiger partial charge in [-0.15, -0.1) is 0 Å². The van der Waals surface area contributed by atoms with Crippen LogP contribution >= 0.6 is 0 Å². The molecule has 1 fully saturated rings. The molecule has 1 saturated carbocycles. The molecule has 0 spiro atoms. The molecule has 5 heteroatoms. The molecule has 1 aliphatic carbocycles. The van der Waals surface area contributed by atoms with Crippen molar-refractivity contribution >= 4 is 5.57 Å². The zero-order chi connectivity index (χ0) is 12.5. The highest BCUT2D eigenvalue weighted by Crippen LogP contribution is 2.43. The lowest BCUT2D eigenvalue weighted by atomic mass is 9.80. The van der Waals surface area contributed by atoms with Crippen molar-refractivity contribution in [2.24, 2.45) is 0 Å². The first-order valence-corrected chi connectivity index (χ1v) is 6.24. The van der Waals surface area contributed by atoms with Gasteiger partial charge < -0.3 is 4.52 Å². The first kappa shape index (κ1) is 11.2. The van der Waals surface area contributed by atoms with Crippen molar-refractivity contribution < 1.29 is 4.52 Å². The number of allylic oxidation sites excluding steroid dienone is 2. The van der Waals surface area contributed by atoms with Crippen LogP contribution in [0.1, 0.15) is 50.4 Å². The van der Waals surface area contributed by atoms with Gasteiger partial charge in [0.05, 0.1) is 6.04 Å². The fourth-order valence-electron chi connectivity index (χ4n) is 2.19. The molecule has 0 bridgehead atoms. The van der Waals surface area contributed by atoms with Gasteiger partial charge in [0.25, 0.3) is 0 Å². The maximum atomic E-state index is 5.33. The maximum absolute atomic E-state index is 5.33. The van der Waals surface area contributed by atoms with Crippen molar-refractivity contribution in [1.29, 1.82) is 0 Å². The van der Waals surface area contributed by atoms with Gasteiger partial charge in [-0.2, -0.15) is 10.1 Å². The molecular weight excluding hydrogens is 228 g/mol. The number of nitrogens with zero attached hydrogens (tertiary/aromatic N) is 4. The van der Waals surface area contributed by atoms with E-state index in [9.17, 15) is 0 Å². The van der Waals surface area contributed by atoms with Gasteiger partial charge in [-0.25, -0.2) is 0 Å². The Balaban J connectivity index is 1.66. The van der Waals surface area contributed by atoms with E-state index in [1.807, 2.05) is 43.1 Å². The minimum absolute atomic E-state index is 0.380. The normalized spacial score (nSPS) is 24.0. The first-order valence-electron chi connectivity index (χ1n) is 6.24. The molecule has 0 aromatic carbocycles. The molecular formula is C13H16N4O. The highest BCUT2D eigenvalue weighted by molar-refractivity contribution is 5.56. The number of rotatable bonds is 3. The van der Waals surface area contributed by atoms with Gasteiger partial charge in [0.15, 0.2) is 5.82 Å². The summed E-state index contributed by atoms with van der Waals surface area (Å²) >= 11 is 0. The summed E-state index contributed by atoms with van der Waals surface area (Å²) in [5.74, 6) is 1.84. The zero-order valence-corrected chi connectivity index (χ0v) is 10.6. The van der Waals surface area contributed by atoms with Crippen molar-refractivity contribution in [2.75, 3.05) is 0 Å². The molecule has 5 nitrogen and oxygen atoms in total. The molecule has 1 aliphatic rings. The Morgan fingerprint density at radius 1 is 1.50 bits per heavy atom. The monoisotopic (exact) mass is 244 g/mol. The van der Waals surface area contributed by atoms with Crippen LogP contribution in [-0.4, -0.2) is 19.9 Å². The fraction of sp³-hybridized carbons (Fsp3) is 0.462. The van der Waals surface area contributed by atoms with Crippen molar-refractivity contribution in [2.45, 2.75) is 38.6 Å². The van der Waals surface area contributed by atoms with Crippen LogP contribution in [0.2, 0.25) is 0 Å². The molecule has 0 amide bonds. The third kappa shape index (κ3) is 1.85. The molecule has 0 saturated heterocycles. The van der Waals surface area contributed by atoms with E-state index in [-0.39, 0.29) is 0 Å². The second-order valence-electron chi connectivity index (χ2n) is 4.74. The minimum Gasteiger partial charge on any atom is -0.339 e. The average molecular weight is 244 g/mol. The van der Waals surface area contributed by atoms with E-state index in [0.29, 0.717) is 17.8 Å². The predicted octanol–water partition coefficient (Wildman–Crippen LogP) is 2.81. The van der Waals surface area contributed by atoms with Gasteiger partial charge >= 0.3 is 0 Å². The van der Waals surface area contributed by atoms with Crippen LogP contribution in [0.25, 0.3) is 5.57 Å². The lowest BCUT2D eigenvalue weighted by Gasteiger charge is -2.32. The van der Waals surface area contributed by atoms with Gasteiger partial charge in [0.2, 0.25) is 5.89 Å². The summed E-state index contributed by atoms with van der Waals surface area (Å²) in [6.07, 6.45) is 7.86. The van der Waals surface area contributed by atoms with Crippen LogP contribution in [-0.2, 0) is 0 Å². The van der Waals surface area contributed by atoms with Gasteiger partial charge in [0.1, 0.15) is 0 Å². The quantitative estimate of drug-likeness (QED) is 0.833. The number of hydrogen-bond donors (Lipinski definition) is 0. The third-order valence-electron chi connectivity index (χ3n) is 3.59.